The van der Waals surface area contributed by atoms with Gasteiger partial charge in [-0.2, -0.15) is 0 Å². The molecule has 7 heteroatoms. The molecule has 0 spiro atoms. The van der Waals surface area contributed by atoms with Crippen molar-refractivity contribution in [3.8, 4) is 11.6 Å². The molecule has 0 bridgehead atoms. The Bertz CT molecular complexity index is 1030. The Morgan fingerprint density at radius 1 is 0.880 bits per heavy atom. The molecule has 0 aliphatic carbocycles. The lowest BCUT2D eigenvalue weighted by atomic mass is 10.2. The monoisotopic (exact) mass is 349 g/mol. The maximum atomic E-state index is 6.10. The van der Waals surface area contributed by atoms with Crippen LogP contribution in [0, 0.1) is 0 Å². The van der Waals surface area contributed by atoms with Gasteiger partial charge in [-0.3, -0.25) is 0 Å². The van der Waals surface area contributed by atoms with Gasteiger partial charge in [-0.05, 0) is 42.5 Å². The van der Waals surface area contributed by atoms with Crippen LogP contribution in [0.25, 0.3) is 10.9 Å². The molecule has 122 valence electrons. The highest BCUT2D eigenvalue weighted by molar-refractivity contribution is 6.31. The van der Waals surface area contributed by atoms with E-state index >= 15 is 0 Å². The number of ether oxygens (including phenoxy) is 1. The first kappa shape index (κ1) is 15.3. The molecule has 4 rings (SSSR count). The van der Waals surface area contributed by atoms with Crippen LogP contribution in [0.2, 0.25) is 5.02 Å². The van der Waals surface area contributed by atoms with E-state index in [0.29, 0.717) is 28.3 Å². The molecule has 0 saturated heterocycles. The van der Waals surface area contributed by atoms with Crippen molar-refractivity contribution in [3.63, 3.8) is 0 Å². The van der Waals surface area contributed by atoms with Gasteiger partial charge in [0.15, 0.2) is 0 Å². The quantitative estimate of drug-likeness (QED) is 0.580. The van der Waals surface area contributed by atoms with Crippen LogP contribution in [-0.2, 0) is 0 Å². The lowest BCUT2D eigenvalue weighted by Gasteiger charge is -2.10. The van der Waals surface area contributed by atoms with E-state index < -0.39 is 0 Å². The zero-order valence-corrected chi connectivity index (χ0v) is 13.7. The first-order valence-electron chi connectivity index (χ1n) is 7.51. The van der Waals surface area contributed by atoms with Gasteiger partial charge in [-0.25, -0.2) is 19.9 Å². The van der Waals surface area contributed by atoms with Crippen molar-refractivity contribution < 1.29 is 4.74 Å². The SMILES string of the molecule is Clc1cccnc1Oc1ccc2ncnc(Nc3ccccn3)c2c1. The van der Waals surface area contributed by atoms with Crippen LogP contribution in [0.15, 0.2) is 67.3 Å². The zero-order valence-electron chi connectivity index (χ0n) is 12.9. The minimum Gasteiger partial charge on any atom is -0.438 e. The van der Waals surface area contributed by atoms with Gasteiger partial charge < -0.3 is 10.1 Å². The summed E-state index contributed by atoms with van der Waals surface area (Å²) in [4.78, 5) is 17.0. The largest absolute Gasteiger partial charge is 0.438 e. The van der Waals surface area contributed by atoms with E-state index in [1.54, 1.807) is 24.5 Å². The molecule has 0 atom stereocenters. The van der Waals surface area contributed by atoms with Gasteiger partial charge in [0.2, 0.25) is 5.88 Å². The van der Waals surface area contributed by atoms with Crippen molar-refractivity contribution >= 4 is 34.1 Å². The molecule has 3 heterocycles. The summed E-state index contributed by atoms with van der Waals surface area (Å²) in [5.41, 5.74) is 0.785. The summed E-state index contributed by atoms with van der Waals surface area (Å²) in [6, 6.07) is 14.6. The second-order valence-corrected chi connectivity index (χ2v) is 5.54. The van der Waals surface area contributed by atoms with E-state index in [4.69, 9.17) is 16.3 Å². The van der Waals surface area contributed by atoms with E-state index in [1.165, 1.54) is 6.33 Å². The van der Waals surface area contributed by atoms with E-state index in [9.17, 15) is 0 Å². The molecule has 6 nitrogen and oxygen atoms in total. The summed E-state index contributed by atoms with van der Waals surface area (Å²) in [5, 5.41) is 4.44. The fourth-order valence-corrected chi connectivity index (χ4v) is 2.47. The van der Waals surface area contributed by atoms with Crippen LogP contribution in [0.4, 0.5) is 11.6 Å². The third-order valence-corrected chi connectivity index (χ3v) is 3.75. The minimum atomic E-state index is 0.347. The lowest BCUT2D eigenvalue weighted by Crippen LogP contribution is -1.98. The van der Waals surface area contributed by atoms with Crippen molar-refractivity contribution in [2.45, 2.75) is 0 Å². The van der Waals surface area contributed by atoms with Crippen molar-refractivity contribution in [1.82, 2.24) is 19.9 Å². The number of fused-ring (bicyclic) bond motifs is 1. The lowest BCUT2D eigenvalue weighted by molar-refractivity contribution is 0.464. The number of nitrogens with zero attached hydrogens (tertiary/aromatic N) is 4. The minimum absolute atomic E-state index is 0.347. The maximum absolute atomic E-state index is 6.10. The fraction of sp³-hybridized carbons (Fsp3) is 0. The number of hydrogen-bond donors (Lipinski definition) is 1. The molecule has 0 aliphatic heterocycles. The molecular formula is C18H12ClN5O. The van der Waals surface area contributed by atoms with Crippen LogP contribution in [0.3, 0.4) is 0 Å². The maximum Gasteiger partial charge on any atom is 0.238 e. The number of nitrogens with one attached hydrogen (secondary N) is 1. The Kier molecular flexibility index (Phi) is 4.10. The average molecular weight is 350 g/mol. The number of hydrogen-bond acceptors (Lipinski definition) is 6. The Hall–Kier alpha value is -3.25. The van der Waals surface area contributed by atoms with Crippen LogP contribution in [0.1, 0.15) is 0 Å². The number of pyridine rings is 2. The Morgan fingerprint density at radius 3 is 2.64 bits per heavy atom. The number of aromatic nitrogens is 4. The summed E-state index contributed by atoms with van der Waals surface area (Å²) in [7, 11) is 0. The van der Waals surface area contributed by atoms with Crippen molar-refractivity contribution in [1.29, 1.82) is 0 Å². The highest BCUT2D eigenvalue weighted by Crippen LogP contribution is 2.30. The second-order valence-electron chi connectivity index (χ2n) is 5.13. The molecule has 0 saturated carbocycles. The zero-order chi connectivity index (χ0) is 17.1. The Labute approximate surface area is 148 Å². The van der Waals surface area contributed by atoms with E-state index in [1.807, 2.05) is 36.4 Å². The molecule has 4 aromatic rings. The van der Waals surface area contributed by atoms with Crippen molar-refractivity contribution in [2.24, 2.45) is 0 Å². The summed E-state index contributed by atoms with van der Waals surface area (Å²) in [6.07, 6.45) is 4.84. The molecular weight excluding hydrogens is 338 g/mol. The van der Waals surface area contributed by atoms with Crippen LogP contribution >= 0.6 is 11.6 Å². The number of rotatable bonds is 4. The van der Waals surface area contributed by atoms with E-state index in [2.05, 4.69) is 25.3 Å². The Morgan fingerprint density at radius 2 is 1.80 bits per heavy atom. The molecule has 0 fully saturated rings. The first-order chi connectivity index (χ1) is 12.3. The molecule has 3 aromatic heterocycles. The van der Waals surface area contributed by atoms with Gasteiger partial charge in [-0.15, -0.1) is 0 Å². The van der Waals surface area contributed by atoms with Crippen LogP contribution in [-0.4, -0.2) is 19.9 Å². The van der Waals surface area contributed by atoms with Gasteiger partial charge in [0.25, 0.3) is 0 Å². The van der Waals surface area contributed by atoms with E-state index in [-0.39, 0.29) is 0 Å². The van der Waals surface area contributed by atoms with E-state index in [0.717, 1.165) is 10.9 Å². The van der Waals surface area contributed by atoms with Crippen LogP contribution < -0.4 is 10.1 Å². The molecule has 0 amide bonds. The van der Waals surface area contributed by atoms with Gasteiger partial charge >= 0.3 is 0 Å². The molecule has 0 radical (unpaired) electrons. The number of benzene rings is 1. The average Bonchev–Trinajstić information content (AvgIpc) is 2.65. The fourth-order valence-electron chi connectivity index (χ4n) is 2.31. The van der Waals surface area contributed by atoms with Gasteiger partial charge in [0.1, 0.15) is 28.7 Å². The topological polar surface area (TPSA) is 72.8 Å². The first-order valence-corrected chi connectivity index (χ1v) is 7.88. The molecule has 0 aliphatic rings. The molecule has 0 unspecified atom stereocenters. The standard InChI is InChI=1S/C18H12ClN5O/c19-14-4-3-9-21-18(14)25-12-6-7-15-13(10-12)17(23-11-22-15)24-16-5-1-2-8-20-16/h1-11H,(H,20,22,23,24). The predicted octanol–water partition coefficient (Wildman–Crippen LogP) is 4.61. The smallest absolute Gasteiger partial charge is 0.238 e. The highest BCUT2D eigenvalue weighted by atomic mass is 35.5. The second kappa shape index (κ2) is 6.70. The highest BCUT2D eigenvalue weighted by Gasteiger charge is 2.09. The Balaban J connectivity index is 1.71. The summed E-state index contributed by atoms with van der Waals surface area (Å²) < 4.78 is 5.78. The number of anilines is 2. The summed E-state index contributed by atoms with van der Waals surface area (Å²) in [6.45, 7) is 0. The van der Waals surface area contributed by atoms with Crippen molar-refractivity contribution in [3.05, 3.63) is 72.3 Å². The predicted molar refractivity (Wildman–Crippen MR) is 96.4 cm³/mol. The summed E-state index contributed by atoms with van der Waals surface area (Å²) >= 11 is 6.10. The van der Waals surface area contributed by atoms with Crippen LogP contribution in [0.5, 0.6) is 11.6 Å². The van der Waals surface area contributed by atoms with Gasteiger partial charge in [-0.1, -0.05) is 17.7 Å². The normalized spacial score (nSPS) is 10.6. The summed E-state index contributed by atoms with van der Waals surface area (Å²) in [5.74, 6) is 2.27. The van der Waals surface area contributed by atoms with Crippen molar-refractivity contribution in [2.75, 3.05) is 5.32 Å². The molecule has 1 aromatic carbocycles. The third kappa shape index (κ3) is 3.34. The third-order valence-electron chi connectivity index (χ3n) is 3.46. The molecule has 25 heavy (non-hydrogen) atoms. The van der Waals surface area contributed by atoms with Gasteiger partial charge in [0.05, 0.1) is 5.52 Å². The molecule has 1 N–H and O–H groups in total. The van der Waals surface area contributed by atoms with Gasteiger partial charge in [0, 0.05) is 17.8 Å². The number of halogens is 1.